The lowest BCUT2D eigenvalue weighted by Gasteiger charge is -2.29. The van der Waals surface area contributed by atoms with Gasteiger partial charge in [-0.25, -0.2) is 9.97 Å². The average molecular weight is 741 g/mol. The second-order valence-electron chi connectivity index (χ2n) is 17.4. The molecule has 2 amide bonds. The molecule has 8 nitrogen and oxygen atoms in total. The molecule has 0 spiro atoms. The largest absolute Gasteiger partial charge is 0.340 e. The smallest absolute Gasteiger partial charge is 0.223 e. The molecule has 0 radical (unpaired) electrons. The predicted octanol–water partition coefficient (Wildman–Crippen LogP) is 11.0. The number of nitrogens with one attached hydrogen (secondary N) is 2. The number of carbonyl (C=O) groups excluding carboxylic acids is 2. The monoisotopic (exact) mass is 740 g/mol. The summed E-state index contributed by atoms with van der Waals surface area (Å²) in [5.74, 6) is 3.14. The summed E-state index contributed by atoms with van der Waals surface area (Å²) in [7, 11) is 0. The van der Waals surface area contributed by atoms with Crippen LogP contribution in [0.5, 0.6) is 0 Å². The van der Waals surface area contributed by atoms with E-state index in [-0.39, 0.29) is 36.0 Å². The van der Waals surface area contributed by atoms with Gasteiger partial charge >= 0.3 is 0 Å². The lowest BCUT2D eigenvalue weighted by atomic mass is 9.91. The van der Waals surface area contributed by atoms with E-state index in [2.05, 4.69) is 104 Å². The Morgan fingerprint density at radius 2 is 1.44 bits per heavy atom. The van der Waals surface area contributed by atoms with Crippen molar-refractivity contribution in [2.45, 2.75) is 149 Å². The number of fused-ring (bicyclic) bond motifs is 4. The van der Waals surface area contributed by atoms with Crippen LogP contribution in [0, 0.1) is 11.8 Å². The summed E-state index contributed by atoms with van der Waals surface area (Å²) in [5.41, 5.74) is 9.66. The van der Waals surface area contributed by atoms with Gasteiger partial charge in [0.15, 0.2) is 0 Å². The van der Waals surface area contributed by atoms with E-state index in [1.54, 1.807) is 0 Å². The SMILES string of the molecule is CCCC(CCC)CC(=O)N1C(C)CCC1c1ncc(-c2ccc(-c3ccc4c(ccc5[nH]c(C6CCC(C)N6C(=O)CC(C)C)nc54)c3)c3c2CCC3)[nH]1. The van der Waals surface area contributed by atoms with Crippen LogP contribution in [0.4, 0.5) is 0 Å². The summed E-state index contributed by atoms with van der Waals surface area (Å²) in [4.78, 5) is 48.7. The van der Waals surface area contributed by atoms with Crippen LogP contribution < -0.4 is 0 Å². The maximum atomic E-state index is 13.7. The summed E-state index contributed by atoms with van der Waals surface area (Å²) in [5, 5.41) is 2.30. The number of aromatic amines is 2. The third kappa shape index (κ3) is 7.10. The minimum absolute atomic E-state index is 0.00737. The Bertz CT molecular complexity index is 2190. The highest BCUT2D eigenvalue weighted by Gasteiger charge is 2.39. The van der Waals surface area contributed by atoms with Gasteiger partial charge in [0.2, 0.25) is 11.8 Å². The van der Waals surface area contributed by atoms with Crippen molar-refractivity contribution in [3.8, 4) is 22.4 Å². The molecule has 0 saturated carbocycles. The Kier molecular flexibility index (Phi) is 10.6. The lowest BCUT2D eigenvalue weighted by Crippen LogP contribution is -2.37. The van der Waals surface area contributed by atoms with Crippen molar-refractivity contribution in [3.63, 3.8) is 0 Å². The molecule has 2 aromatic heterocycles. The third-order valence-electron chi connectivity index (χ3n) is 13.0. The van der Waals surface area contributed by atoms with Crippen LogP contribution in [0.2, 0.25) is 0 Å². The number of benzene rings is 3. The minimum atomic E-state index is -0.00737. The van der Waals surface area contributed by atoms with Gasteiger partial charge in [0, 0.05) is 35.9 Å². The Labute approximate surface area is 326 Å². The number of hydrogen-bond acceptors (Lipinski definition) is 4. The molecule has 8 heteroatoms. The van der Waals surface area contributed by atoms with E-state index in [0.29, 0.717) is 24.7 Å². The minimum Gasteiger partial charge on any atom is -0.340 e. The Balaban J connectivity index is 1.05. The molecule has 4 atom stereocenters. The van der Waals surface area contributed by atoms with E-state index >= 15 is 0 Å². The second-order valence-corrected chi connectivity index (χ2v) is 17.4. The zero-order valence-corrected chi connectivity index (χ0v) is 33.9. The molecule has 55 heavy (non-hydrogen) atoms. The zero-order valence-electron chi connectivity index (χ0n) is 33.9. The van der Waals surface area contributed by atoms with E-state index in [1.165, 1.54) is 33.2 Å². The molecule has 2 N–H and O–H groups in total. The van der Waals surface area contributed by atoms with Gasteiger partial charge in [-0.1, -0.05) is 83.7 Å². The summed E-state index contributed by atoms with van der Waals surface area (Å²) in [6, 6.07) is 16.2. The van der Waals surface area contributed by atoms with Gasteiger partial charge in [-0.2, -0.15) is 0 Å². The fourth-order valence-corrected chi connectivity index (χ4v) is 10.3. The van der Waals surface area contributed by atoms with Crippen molar-refractivity contribution in [1.82, 2.24) is 29.7 Å². The fraction of sp³-hybridized carbons (Fsp3) is 0.532. The van der Waals surface area contributed by atoms with E-state index in [4.69, 9.17) is 9.97 Å². The standard InChI is InChI=1S/C47H60N6O2/c1-7-10-31(11-8-2)25-44(55)52-29(5)14-22-41(52)46-48-27-40(50-46)38-20-19-34(36-12-9-13-37(36)38)32-16-18-35-33(26-32)17-21-39-45(35)51-47(49-39)42-23-15-30(6)53(42)43(54)24-28(3)4/h16-21,26-31,41-42H,7-15,22-25H2,1-6H3,(H,48,50)(H,49,51). The molecule has 4 unspecified atom stereocenters. The van der Waals surface area contributed by atoms with E-state index in [0.717, 1.165) is 104 Å². The van der Waals surface area contributed by atoms with Gasteiger partial charge < -0.3 is 19.8 Å². The molecule has 2 aliphatic heterocycles. The number of amides is 2. The summed E-state index contributed by atoms with van der Waals surface area (Å²) < 4.78 is 0. The summed E-state index contributed by atoms with van der Waals surface area (Å²) >= 11 is 0. The average Bonchev–Trinajstić information content (AvgIpc) is 4.00. The van der Waals surface area contributed by atoms with Crippen molar-refractivity contribution >= 4 is 33.6 Å². The van der Waals surface area contributed by atoms with Crippen LogP contribution in [-0.4, -0.2) is 53.6 Å². The van der Waals surface area contributed by atoms with Gasteiger partial charge in [-0.3, -0.25) is 9.59 Å². The second kappa shape index (κ2) is 15.6. The normalized spacial score (nSPS) is 21.2. The van der Waals surface area contributed by atoms with Crippen LogP contribution in [0.15, 0.2) is 48.7 Å². The fourth-order valence-electron chi connectivity index (χ4n) is 10.3. The molecule has 2 saturated heterocycles. The van der Waals surface area contributed by atoms with Crippen molar-refractivity contribution in [3.05, 3.63) is 71.4 Å². The first-order valence-electron chi connectivity index (χ1n) is 21.4. The highest BCUT2D eigenvalue weighted by atomic mass is 16.2. The third-order valence-corrected chi connectivity index (χ3v) is 13.0. The first-order chi connectivity index (χ1) is 26.6. The lowest BCUT2D eigenvalue weighted by molar-refractivity contribution is -0.136. The van der Waals surface area contributed by atoms with Crippen LogP contribution >= 0.6 is 0 Å². The van der Waals surface area contributed by atoms with Crippen molar-refractivity contribution < 1.29 is 9.59 Å². The van der Waals surface area contributed by atoms with Crippen LogP contribution in [0.1, 0.15) is 147 Å². The molecule has 0 bridgehead atoms. The van der Waals surface area contributed by atoms with E-state index < -0.39 is 0 Å². The zero-order chi connectivity index (χ0) is 38.4. The summed E-state index contributed by atoms with van der Waals surface area (Å²) in [6.07, 6.45) is 14.8. The van der Waals surface area contributed by atoms with Gasteiger partial charge in [0.1, 0.15) is 11.6 Å². The first-order valence-corrected chi connectivity index (χ1v) is 21.4. The molecular weight excluding hydrogens is 681 g/mol. The number of likely N-dealkylation sites (tertiary alicyclic amines) is 2. The predicted molar refractivity (Wildman–Crippen MR) is 223 cm³/mol. The molecule has 5 aromatic rings. The van der Waals surface area contributed by atoms with Crippen molar-refractivity contribution in [2.75, 3.05) is 0 Å². The van der Waals surface area contributed by atoms with Gasteiger partial charge in [0.25, 0.3) is 0 Å². The van der Waals surface area contributed by atoms with Crippen LogP contribution in [0.3, 0.4) is 0 Å². The van der Waals surface area contributed by atoms with Crippen LogP contribution in [0.25, 0.3) is 44.2 Å². The maximum Gasteiger partial charge on any atom is 0.223 e. The molecular formula is C47H60N6O2. The number of hydrogen-bond donors (Lipinski definition) is 2. The van der Waals surface area contributed by atoms with E-state index in [9.17, 15) is 9.59 Å². The van der Waals surface area contributed by atoms with Crippen molar-refractivity contribution in [1.29, 1.82) is 0 Å². The van der Waals surface area contributed by atoms with Crippen molar-refractivity contribution in [2.24, 2.45) is 11.8 Å². The molecule has 3 aromatic carbocycles. The Hall–Kier alpha value is -4.46. The molecule has 3 aliphatic rings. The van der Waals surface area contributed by atoms with Gasteiger partial charge in [0.05, 0.1) is 35.0 Å². The number of H-pyrrole nitrogens is 2. The molecule has 8 rings (SSSR count). The highest BCUT2D eigenvalue weighted by Crippen LogP contribution is 2.42. The Morgan fingerprint density at radius 3 is 2.13 bits per heavy atom. The summed E-state index contributed by atoms with van der Waals surface area (Å²) in [6.45, 7) is 13.0. The maximum absolute atomic E-state index is 13.7. The quantitative estimate of drug-likeness (QED) is 0.133. The number of nitrogens with zero attached hydrogens (tertiary/aromatic N) is 4. The number of rotatable bonds is 12. The van der Waals surface area contributed by atoms with Gasteiger partial charge in [-0.15, -0.1) is 0 Å². The van der Waals surface area contributed by atoms with E-state index in [1.807, 2.05) is 6.20 Å². The van der Waals surface area contributed by atoms with Crippen LogP contribution in [-0.2, 0) is 22.4 Å². The molecule has 290 valence electrons. The number of aromatic nitrogens is 4. The Morgan fingerprint density at radius 1 is 0.782 bits per heavy atom. The molecule has 2 fully saturated rings. The molecule has 1 aliphatic carbocycles. The first kappa shape index (κ1) is 37.5. The number of imidazole rings is 2. The molecule has 4 heterocycles. The van der Waals surface area contributed by atoms with Gasteiger partial charge in [-0.05, 0) is 110 Å². The number of carbonyl (C=O) groups is 2. The highest BCUT2D eigenvalue weighted by molar-refractivity contribution is 6.05. The topological polar surface area (TPSA) is 98.0 Å².